The predicted octanol–water partition coefficient (Wildman–Crippen LogP) is 4.70. The Labute approximate surface area is 580 Å². The molecule has 4 aliphatic rings. The van der Waals surface area contributed by atoms with Gasteiger partial charge >= 0.3 is 12.1 Å². The second-order valence-corrected chi connectivity index (χ2v) is 24.3. The number of carbonyl (C=O) groups is 7. The molecule has 1 saturated heterocycles. The van der Waals surface area contributed by atoms with Crippen molar-refractivity contribution in [2.45, 2.75) is 111 Å². The van der Waals surface area contributed by atoms with Crippen LogP contribution in [0.15, 0.2) is 59.5 Å². The maximum absolute atomic E-state index is 13.5. The molecule has 0 bridgehead atoms. The van der Waals surface area contributed by atoms with Gasteiger partial charge in [-0.3, -0.25) is 33.7 Å². The summed E-state index contributed by atoms with van der Waals surface area (Å²) >= 11 is 0. The number of anilines is 1. The van der Waals surface area contributed by atoms with E-state index >= 15 is 0 Å². The van der Waals surface area contributed by atoms with E-state index in [0.717, 1.165) is 55.7 Å². The molecule has 2 atom stereocenters. The normalized spacial score (nSPS) is 17.6. The van der Waals surface area contributed by atoms with Gasteiger partial charge in [0.15, 0.2) is 0 Å². The molecule has 546 valence electrons. The van der Waals surface area contributed by atoms with Gasteiger partial charge in [-0.05, 0) is 98.4 Å². The van der Waals surface area contributed by atoms with Gasteiger partial charge < -0.3 is 82.5 Å². The molecule has 5 amide bonds. The topological polar surface area (TPSA) is 355 Å². The van der Waals surface area contributed by atoms with Gasteiger partial charge in [0.1, 0.15) is 31.3 Å². The fraction of sp³-hybridized carbons (Fsp3) is 0.586. The van der Waals surface area contributed by atoms with Crippen LogP contribution in [0.5, 0.6) is 5.75 Å². The number of phenols is 1. The molecular formula is C70H95N9O21. The number of nitrogens with zero attached hydrogens (tertiary/aromatic N) is 6. The third-order valence-corrected chi connectivity index (χ3v) is 17.4. The summed E-state index contributed by atoms with van der Waals surface area (Å²) in [6, 6.07) is 14.2. The molecule has 1 unspecified atom stereocenters. The van der Waals surface area contributed by atoms with E-state index in [4.69, 9.17) is 57.1 Å². The third-order valence-electron chi connectivity index (χ3n) is 17.4. The van der Waals surface area contributed by atoms with Crippen molar-refractivity contribution in [3.8, 4) is 17.1 Å². The largest absolute Gasteiger partial charge is 0.509 e. The lowest BCUT2D eigenvalue weighted by Crippen LogP contribution is -2.47. The summed E-state index contributed by atoms with van der Waals surface area (Å²) in [6.45, 7) is 15.7. The average Bonchev–Trinajstić information content (AvgIpc) is 1.49. The highest BCUT2D eigenvalue weighted by atomic mass is 16.7. The van der Waals surface area contributed by atoms with Crippen molar-refractivity contribution < 1.29 is 95.5 Å². The first-order chi connectivity index (χ1) is 48.5. The standard InChI is InChI=1S/C46H73N7O14.C24H22N2O7/c1-3-37-6-10-40(11-7-37)49-43(55)35-67-34-42(54)47-12-14-59-16-18-61-20-22-63-24-26-65-28-29-66-27-25-64-23-21-62-19-17-60-15-13-52-33-41(50-51-52)31-48-45(57)39-8-4-38(5-9-39)32-53-44(56)30-36(2)46(53)58;1-4-13-14-8-12(27)6-7-18(14)25-20-15(13)10-26-19(20)9-17-16(21(26)28)11-32-22(29)24(17,5-2)33-23(30)31-3/h6-7,10-11,33,36,38-39H,3-5,8-9,12-32,34-35H2,1-2H3,(H,47,54)(H,48,57)(H,49,55);6-9,27H,4-5,10-11H2,1-3H3/t;24-/m.0/s1. The highest BCUT2D eigenvalue weighted by Gasteiger charge is 2.51. The number of amides is 5. The van der Waals surface area contributed by atoms with E-state index in [1.165, 1.54) is 10.5 Å². The quantitative estimate of drug-likeness (QED) is 0.0229. The number of aromatic nitrogens is 5. The lowest BCUT2D eigenvalue weighted by atomic mass is 9.81. The molecule has 0 spiro atoms. The smallest absolute Gasteiger partial charge is 0.508 e. The molecule has 2 aromatic carbocycles. The van der Waals surface area contributed by atoms with Crippen LogP contribution in [-0.4, -0.2) is 215 Å². The Morgan fingerprint density at radius 2 is 1.31 bits per heavy atom. The summed E-state index contributed by atoms with van der Waals surface area (Å²) in [5, 5.41) is 27.5. The Morgan fingerprint density at radius 1 is 0.700 bits per heavy atom. The fourth-order valence-corrected chi connectivity index (χ4v) is 12.0. The zero-order chi connectivity index (χ0) is 71.2. The number of cyclic esters (lactones) is 1. The van der Waals surface area contributed by atoms with Gasteiger partial charge in [-0.2, -0.15) is 0 Å². The number of rotatable bonds is 41. The fourth-order valence-electron chi connectivity index (χ4n) is 12.0. The van der Waals surface area contributed by atoms with Gasteiger partial charge in [-0.25, -0.2) is 19.3 Å². The zero-order valence-electron chi connectivity index (χ0n) is 57.9. The molecule has 1 aliphatic carbocycles. The highest BCUT2D eigenvalue weighted by Crippen LogP contribution is 2.43. The van der Waals surface area contributed by atoms with Crippen molar-refractivity contribution in [1.82, 2.24) is 40.1 Å². The number of esters is 1. The minimum atomic E-state index is -1.78. The van der Waals surface area contributed by atoms with Gasteiger partial charge in [-0.15, -0.1) is 5.10 Å². The number of fused-ring (bicyclic) bond motifs is 5. The first kappa shape index (κ1) is 77.4. The van der Waals surface area contributed by atoms with Gasteiger partial charge in [0.2, 0.25) is 35.1 Å². The van der Waals surface area contributed by atoms with E-state index in [-0.39, 0.29) is 90.4 Å². The van der Waals surface area contributed by atoms with E-state index < -0.39 is 17.7 Å². The number of phenolic OH excluding ortho intramolecular Hbond substituents is 1. The summed E-state index contributed by atoms with van der Waals surface area (Å²) in [6.07, 6.45) is 5.84. The van der Waals surface area contributed by atoms with Gasteiger partial charge in [0.05, 0.1) is 161 Å². The first-order valence-electron chi connectivity index (χ1n) is 34.3. The molecule has 100 heavy (non-hydrogen) atoms. The van der Waals surface area contributed by atoms with Crippen LogP contribution in [0.2, 0.25) is 0 Å². The lowest BCUT2D eigenvalue weighted by Gasteiger charge is -2.35. The number of nitrogens with one attached hydrogen (secondary N) is 3. The van der Waals surface area contributed by atoms with Gasteiger partial charge in [0, 0.05) is 53.5 Å². The Hall–Kier alpha value is -8.33. The van der Waals surface area contributed by atoms with Gasteiger partial charge in [0.25, 0.3) is 5.56 Å². The minimum Gasteiger partial charge on any atom is -0.508 e. The number of methoxy groups -OCH3 is 1. The Morgan fingerprint density at radius 3 is 1.89 bits per heavy atom. The van der Waals surface area contributed by atoms with Crippen LogP contribution in [0.1, 0.15) is 99.7 Å². The molecule has 3 aliphatic heterocycles. The number of imide groups is 1. The SMILES string of the molecule is CCc1c2c(nc3ccc(O)cc13)-c1cc3c(c(=O)n1C2)COC(=O)[C@@]3(CC)OC(=O)OC.CCc1ccc(NC(=O)COCC(=O)NCCOCCOCCOCCOCCOCCOCCOCCOCCn2cc(CNC(=O)C3CCC(CN4C(=O)CC(C)C4=O)CC3)nn2)cc1. The van der Waals surface area contributed by atoms with E-state index in [2.05, 4.69) is 37.9 Å². The molecule has 30 nitrogen and oxygen atoms in total. The van der Waals surface area contributed by atoms with Crippen LogP contribution < -0.4 is 21.5 Å². The third kappa shape index (κ3) is 22.3. The second kappa shape index (κ2) is 40.2. The minimum absolute atomic E-state index is 0.00326. The van der Waals surface area contributed by atoms with Crippen LogP contribution >= 0.6 is 0 Å². The highest BCUT2D eigenvalue weighted by molar-refractivity contribution is 6.03. The van der Waals surface area contributed by atoms with Crippen LogP contribution in [0.4, 0.5) is 10.5 Å². The Balaban J connectivity index is 0.000000318. The number of aromatic hydroxyl groups is 1. The number of hydrogen-bond acceptors (Lipinski definition) is 24. The summed E-state index contributed by atoms with van der Waals surface area (Å²) < 4.78 is 67.9. The maximum atomic E-state index is 13.5. The summed E-state index contributed by atoms with van der Waals surface area (Å²) in [7, 11) is 1.15. The number of benzene rings is 2. The zero-order valence-corrected chi connectivity index (χ0v) is 57.9. The van der Waals surface area contributed by atoms with Crippen molar-refractivity contribution in [1.29, 1.82) is 0 Å². The summed E-state index contributed by atoms with van der Waals surface area (Å²) in [4.78, 5) is 106. The maximum Gasteiger partial charge on any atom is 0.509 e. The van der Waals surface area contributed by atoms with Crippen molar-refractivity contribution in [3.63, 3.8) is 0 Å². The number of likely N-dealkylation sites (tertiary alicyclic amines) is 1. The van der Waals surface area contributed by atoms with Crippen molar-refractivity contribution in [2.24, 2.45) is 17.8 Å². The second-order valence-electron chi connectivity index (χ2n) is 24.3. The van der Waals surface area contributed by atoms with Gasteiger partial charge in [-0.1, -0.05) is 45.0 Å². The average molecular weight is 1400 g/mol. The van der Waals surface area contributed by atoms with Crippen LogP contribution in [0, 0.1) is 17.8 Å². The van der Waals surface area contributed by atoms with Crippen LogP contribution in [0.3, 0.4) is 0 Å². The summed E-state index contributed by atoms with van der Waals surface area (Å²) in [5.41, 5.74) is 4.72. The molecule has 0 radical (unpaired) electrons. The Bertz CT molecular complexity index is 3580. The van der Waals surface area contributed by atoms with E-state index in [0.29, 0.717) is 185 Å². The summed E-state index contributed by atoms with van der Waals surface area (Å²) in [5.74, 6) is -1.47. The van der Waals surface area contributed by atoms with E-state index in [1.807, 2.05) is 31.2 Å². The van der Waals surface area contributed by atoms with Crippen LogP contribution in [0.25, 0.3) is 22.3 Å². The molecule has 9 rings (SSSR count). The molecule has 1 saturated carbocycles. The lowest BCUT2D eigenvalue weighted by molar-refractivity contribution is -0.175. The van der Waals surface area contributed by atoms with Crippen molar-refractivity contribution in [2.75, 3.05) is 144 Å². The molecule has 30 heteroatoms. The molecule has 3 aromatic heterocycles. The number of pyridine rings is 2. The predicted molar refractivity (Wildman–Crippen MR) is 359 cm³/mol. The number of aryl methyl sites for hydroxylation is 2. The first-order valence-corrected chi connectivity index (χ1v) is 34.3. The molecule has 2 fully saturated rings. The van der Waals surface area contributed by atoms with E-state index in [1.54, 1.807) is 53.6 Å². The van der Waals surface area contributed by atoms with E-state index in [9.17, 15) is 43.5 Å². The van der Waals surface area contributed by atoms with Crippen molar-refractivity contribution >= 4 is 58.3 Å². The molecule has 6 heterocycles. The molecule has 5 aromatic rings. The number of carbonyl (C=O) groups excluding carboxylic acids is 7. The van der Waals surface area contributed by atoms with Crippen LogP contribution in [-0.2, 0) is 130 Å². The Kier molecular flexibility index (Phi) is 31.1. The monoisotopic (exact) mass is 1400 g/mol. The number of hydrogen-bond donors (Lipinski definition) is 4. The van der Waals surface area contributed by atoms with Crippen molar-refractivity contribution in [3.05, 3.63) is 98.6 Å². The molecule has 4 N–H and O–H groups in total. The molecular weight excluding hydrogens is 1300 g/mol. The number of ether oxygens (including phenoxy) is 12.